The van der Waals surface area contributed by atoms with Crippen LogP contribution in [0, 0.1) is 0 Å². The van der Waals surface area contributed by atoms with Crippen molar-refractivity contribution in [2.75, 3.05) is 0 Å². The van der Waals surface area contributed by atoms with Crippen LogP contribution in [0.5, 0.6) is 0 Å². The third-order valence-electron chi connectivity index (χ3n) is 4.66. The summed E-state index contributed by atoms with van der Waals surface area (Å²) in [4.78, 5) is 11.2. The molecule has 0 amide bonds. The number of alkyl halides is 3. The molecule has 1 aromatic rings. The van der Waals surface area contributed by atoms with Crippen LogP contribution in [0.2, 0.25) is 0 Å². The first-order valence-corrected chi connectivity index (χ1v) is 7.59. The van der Waals surface area contributed by atoms with Crippen molar-refractivity contribution >= 4 is 13.1 Å². The molecular formula is C16H20BF3O4. The molecule has 4 nitrogen and oxygen atoms in total. The van der Waals surface area contributed by atoms with Crippen LogP contribution in [0.25, 0.3) is 0 Å². The van der Waals surface area contributed by atoms with E-state index in [1.54, 1.807) is 27.7 Å². The molecule has 24 heavy (non-hydrogen) atoms. The number of hydrogen-bond acceptors (Lipinski definition) is 3. The summed E-state index contributed by atoms with van der Waals surface area (Å²) in [6.07, 6.45) is -5.11. The summed E-state index contributed by atoms with van der Waals surface area (Å²) in [5.41, 5.74) is -2.53. The lowest BCUT2D eigenvalue weighted by atomic mass is 9.65. The number of rotatable bonds is 4. The number of aliphatic carboxylic acids is 1. The molecule has 1 aliphatic rings. The van der Waals surface area contributed by atoms with Gasteiger partial charge in [0.05, 0.1) is 23.2 Å². The van der Waals surface area contributed by atoms with Gasteiger partial charge in [-0.3, -0.25) is 4.79 Å². The Morgan fingerprint density at radius 3 is 2.12 bits per heavy atom. The maximum Gasteiger partial charge on any atom is 0.466 e. The predicted molar refractivity (Wildman–Crippen MR) is 82.5 cm³/mol. The van der Waals surface area contributed by atoms with E-state index in [1.165, 1.54) is 18.2 Å². The van der Waals surface area contributed by atoms with Crippen LogP contribution < -0.4 is 0 Å². The maximum absolute atomic E-state index is 13.3. The first-order chi connectivity index (χ1) is 10.8. The summed E-state index contributed by atoms with van der Waals surface area (Å²) in [6, 6.07) is 4.94. The number of carboxylic acid groups (broad SMARTS) is 1. The van der Waals surface area contributed by atoms with Gasteiger partial charge in [0.2, 0.25) is 0 Å². The fourth-order valence-electron chi connectivity index (χ4n) is 2.67. The number of benzene rings is 1. The zero-order chi connectivity index (χ0) is 18.3. The van der Waals surface area contributed by atoms with Gasteiger partial charge >= 0.3 is 19.3 Å². The smallest absolute Gasteiger partial charge is 0.466 e. The molecule has 1 aliphatic heterocycles. The van der Waals surface area contributed by atoms with Gasteiger partial charge in [-0.25, -0.2) is 0 Å². The average molecular weight is 344 g/mol. The van der Waals surface area contributed by atoms with Crippen LogP contribution >= 0.6 is 0 Å². The van der Waals surface area contributed by atoms with E-state index < -0.39 is 48.3 Å². The first-order valence-electron chi connectivity index (χ1n) is 7.59. The summed E-state index contributed by atoms with van der Waals surface area (Å²) in [5, 5.41) is 9.17. The SMILES string of the molecule is CC1(C)OB(C(CC(=O)O)c2ccccc2C(F)(F)F)OC1(C)C. The lowest BCUT2D eigenvalue weighted by Crippen LogP contribution is -2.41. The average Bonchev–Trinajstić information content (AvgIpc) is 2.63. The van der Waals surface area contributed by atoms with Crippen molar-refractivity contribution in [3.63, 3.8) is 0 Å². The highest BCUT2D eigenvalue weighted by molar-refractivity contribution is 6.48. The lowest BCUT2D eigenvalue weighted by Gasteiger charge is -2.32. The monoisotopic (exact) mass is 344 g/mol. The molecule has 2 rings (SSSR count). The Labute approximate surface area is 139 Å². The van der Waals surface area contributed by atoms with E-state index in [4.69, 9.17) is 14.4 Å². The number of carbonyl (C=O) groups is 1. The minimum atomic E-state index is -4.59. The molecule has 1 heterocycles. The summed E-state index contributed by atoms with van der Waals surface area (Å²) in [5.74, 6) is -2.28. The largest absolute Gasteiger partial charge is 0.481 e. The van der Waals surface area contributed by atoms with Gasteiger partial charge in [0.15, 0.2) is 0 Å². The second-order valence-corrected chi connectivity index (χ2v) is 6.91. The molecule has 1 saturated heterocycles. The number of carboxylic acids is 1. The fraction of sp³-hybridized carbons (Fsp3) is 0.562. The van der Waals surface area contributed by atoms with Gasteiger partial charge in [-0.2, -0.15) is 13.2 Å². The van der Waals surface area contributed by atoms with Gasteiger partial charge in [0, 0.05) is 5.82 Å². The van der Waals surface area contributed by atoms with E-state index in [1.807, 2.05) is 0 Å². The van der Waals surface area contributed by atoms with Gasteiger partial charge in [-0.1, -0.05) is 18.2 Å². The van der Waals surface area contributed by atoms with Gasteiger partial charge in [0.25, 0.3) is 0 Å². The van der Waals surface area contributed by atoms with E-state index in [0.717, 1.165) is 6.07 Å². The van der Waals surface area contributed by atoms with E-state index in [-0.39, 0.29) is 5.56 Å². The van der Waals surface area contributed by atoms with Crippen molar-refractivity contribution in [2.24, 2.45) is 0 Å². The predicted octanol–water partition coefficient (Wildman–Crippen LogP) is 3.90. The second-order valence-electron chi connectivity index (χ2n) is 6.91. The molecule has 1 atom stereocenters. The molecular weight excluding hydrogens is 324 g/mol. The molecule has 0 radical (unpaired) electrons. The third kappa shape index (κ3) is 3.59. The van der Waals surface area contributed by atoms with Crippen LogP contribution in [0.15, 0.2) is 24.3 Å². The zero-order valence-electron chi connectivity index (χ0n) is 14.0. The Morgan fingerprint density at radius 2 is 1.67 bits per heavy atom. The van der Waals surface area contributed by atoms with Crippen LogP contribution in [0.4, 0.5) is 13.2 Å². The van der Waals surface area contributed by atoms with Crippen molar-refractivity contribution in [2.45, 2.75) is 57.3 Å². The molecule has 1 N–H and O–H groups in total. The van der Waals surface area contributed by atoms with Gasteiger partial charge in [-0.05, 0) is 39.3 Å². The quantitative estimate of drug-likeness (QED) is 0.842. The topological polar surface area (TPSA) is 55.8 Å². The fourth-order valence-corrected chi connectivity index (χ4v) is 2.67. The van der Waals surface area contributed by atoms with Crippen LogP contribution in [-0.2, 0) is 20.3 Å². The van der Waals surface area contributed by atoms with Gasteiger partial charge in [-0.15, -0.1) is 0 Å². The van der Waals surface area contributed by atoms with Crippen molar-refractivity contribution in [1.29, 1.82) is 0 Å². The molecule has 0 aliphatic carbocycles. The van der Waals surface area contributed by atoms with E-state index in [0.29, 0.717) is 0 Å². The normalized spacial score (nSPS) is 20.9. The lowest BCUT2D eigenvalue weighted by molar-refractivity contribution is -0.140. The summed E-state index contributed by atoms with van der Waals surface area (Å²) < 4.78 is 51.5. The summed E-state index contributed by atoms with van der Waals surface area (Å²) in [7, 11) is -1.07. The minimum absolute atomic E-state index is 0.133. The standard InChI is InChI=1S/C16H20BF3O4/c1-14(2)15(3,4)24-17(23-14)12(9-13(21)22)10-7-5-6-8-11(10)16(18,19)20/h5-8,12H,9H2,1-4H3,(H,21,22). The van der Waals surface area contributed by atoms with Gasteiger partial charge in [0.1, 0.15) is 0 Å². The molecule has 0 spiro atoms. The molecule has 8 heteroatoms. The van der Waals surface area contributed by atoms with Crippen LogP contribution in [0.1, 0.15) is 51.1 Å². The van der Waals surface area contributed by atoms with Crippen molar-refractivity contribution in [3.8, 4) is 0 Å². The van der Waals surface area contributed by atoms with E-state index in [9.17, 15) is 18.0 Å². The summed E-state index contributed by atoms with van der Waals surface area (Å²) >= 11 is 0. The van der Waals surface area contributed by atoms with Crippen LogP contribution in [0.3, 0.4) is 0 Å². The highest BCUT2D eigenvalue weighted by Crippen LogP contribution is 2.44. The molecule has 132 valence electrons. The van der Waals surface area contributed by atoms with Crippen molar-refractivity contribution in [1.82, 2.24) is 0 Å². The Kier molecular flexibility index (Phi) is 4.76. The van der Waals surface area contributed by atoms with E-state index in [2.05, 4.69) is 0 Å². The van der Waals surface area contributed by atoms with Gasteiger partial charge < -0.3 is 14.4 Å². The molecule has 1 unspecified atom stereocenters. The summed E-state index contributed by atoms with van der Waals surface area (Å²) in [6.45, 7) is 7.06. The van der Waals surface area contributed by atoms with Crippen molar-refractivity contribution in [3.05, 3.63) is 35.4 Å². The maximum atomic E-state index is 13.3. The second kappa shape index (κ2) is 6.08. The highest BCUT2D eigenvalue weighted by Gasteiger charge is 2.55. The highest BCUT2D eigenvalue weighted by atomic mass is 19.4. The zero-order valence-corrected chi connectivity index (χ0v) is 14.0. The molecule has 1 aromatic carbocycles. The molecule has 0 saturated carbocycles. The van der Waals surface area contributed by atoms with Crippen LogP contribution in [-0.4, -0.2) is 29.4 Å². The minimum Gasteiger partial charge on any atom is -0.481 e. The first kappa shape index (κ1) is 18.8. The number of hydrogen-bond donors (Lipinski definition) is 1. The van der Waals surface area contributed by atoms with E-state index >= 15 is 0 Å². The third-order valence-corrected chi connectivity index (χ3v) is 4.66. The molecule has 1 fully saturated rings. The molecule has 0 aromatic heterocycles. The number of halogens is 3. The Hall–Kier alpha value is -1.54. The molecule has 0 bridgehead atoms. The Morgan fingerprint density at radius 1 is 1.17 bits per heavy atom. The van der Waals surface area contributed by atoms with Crippen molar-refractivity contribution < 1.29 is 32.4 Å². The Bertz CT molecular complexity index is 612. The Balaban J connectivity index is 2.47.